The molecule has 22 heavy (non-hydrogen) atoms. The summed E-state index contributed by atoms with van der Waals surface area (Å²) in [5.74, 6) is 1.41. The molecule has 1 aliphatic heterocycles. The molecule has 3 heterocycles. The molecule has 0 unspecified atom stereocenters. The van der Waals surface area contributed by atoms with Crippen molar-refractivity contribution in [3.8, 4) is 0 Å². The van der Waals surface area contributed by atoms with E-state index in [9.17, 15) is 4.79 Å². The number of carbonyl (C=O) groups is 1. The van der Waals surface area contributed by atoms with Crippen molar-refractivity contribution >= 4 is 17.2 Å². The first-order chi connectivity index (χ1) is 10.7. The molecule has 2 aromatic rings. The van der Waals surface area contributed by atoms with Gasteiger partial charge in [0, 0.05) is 19.0 Å². The van der Waals surface area contributed by atoms with Crippen molar-refractivity contribution in [1.29, 1.82) is 0 Å². The summed E-state index contributed by atoms with van der Waals surface area (Å²) in [5.41, 5.74) is 0.503. The Bertz CT molecular complexity index is 623. The molecule has 1 amide bonds. The summed E-state index contributed by atoms with van der Waals surface area (Å²) in [4.78, 5) is 19.1. The highest BCUT2D eigenvalue weighted by Crippen LogP contribution is 2.35. The number of furan rings is 1. The van der Waals surface area contributed by atoms with Gasteiger partial charge in [-0.2, -0.15) is 0 Å². The normalized spacial score (nSPS) is 22.0. The minimum absolute atomic E-state index is 0.00109. The van der Waals surface area contributed by atoms with Crippen LogP contribution in [0.4, 0.5) is 0 Å². The van der Waals surface area contributed by atoms with Gasteiger partial charge in [-0.15, -0.1) is 11.3 Å². The highest BCUT2D eigenvalue weighted by atomic mass is 32.1. The molecule has 0 saturated carbocycles. The van der Waals surface area contributed by atoms with Gasteiger partial charge in [0.1, 0.15) is 16.5 Å². The van der Waals surface area contributed by atoms with Gasteiger partial charge in [-0.3, -0.25) is 4.79 Å². The van der Waals surface area contributed by atoms with Gasteiger partial charge in [0.05, 0.1) is 18.9 Å². The van der Waals surface area contributed by atoms with Crippen LogP contribution in [0.15, 0.2) is 28.2 Å². The Kier molecular flexibility index (Phi) is 4.59. The summed E-state index contributed by atoms with van der Waals surface area (Å²) < 4.78 is 10.6. The fourth-order valence-corrected chi connectivity index (χ4v) is 3.62. The number of rotatable bonds is 4. The Morgan fingerprint density at radius 3 is 3.18 bits per heavy atom. The van der Waals surface area contributed by atoms with Gasteiger partial charge in [-0.1, -0.05) is 6.92 Å². The average Bonchev–Trinajstić information content (AvgIpc) is 3.18. The van der Waals surface area contributed by atoms with E-state index < -0.39 is 0 Å². The molecule has 1 aliphatic rings. The lowest BCUT2D eigenvalue weighted by Gasteiger charge is -2.37. The predicted octanol–water partition coefficient (Wildman–Crippen LogP) is 3.50. The molecule has 6 heteroatoms. The van der Waals surface area contributed by atoms with E-state index >= 15 is 0 Å². The number of carbonyl (C=O) groups excluding carboxylic acids is 1. The lowest BCUT2D eigenvalue weighted by molar-refractivity contribution is 0.0515. The van der Waals surface area contributed by atoms with Crippen LogP contribution in [0.2, 0.25) is 0 Å². The maximum absolute atomic E-state index is 12.8. The van der Waals surface area contributed by atoms with Crippen molar-refractivity contribution < 1.29 is 13.9 Å². The number of thiazole rings is 1. The smallest absolute Gasteiger partial charge is 0.273 e. The van der Waals surface area contributed by atoms with Gasteiger partial charge in [-0.05, 0) is 30.9 Å². The molecule has 0 bridgehead atoms. The molecule has 0 radical (unpaired) electrons. The van der Waals surface area contributed by atoms with E-state index in [0.29, 0.717) is 18.2 Å². The molecule has 0 aliphatic carbocycles. The zero-order valence-electron chi connectivity index (χ0n) is 12.8. The number of ether oxygens (including phenoxy) is 1. The fourth-order valence-electron chi connectivity index (χ4n) is 2.88. The molecule has 1 saturated heterocycles. The van der Waals surface area contributed by atoms with Crippen molar-refractivity contribution in [1.82, 2.24) is 9.88 Å². The zero-order valence-corrected chi connectivity index (χ0v) is 13.6. The molecular weight excluding hydrogens is 300 g/mol. The summed E-state index contributed by atoms with van der Waals surface area (Å²) in [7, 11) is 1.63. The summed E-state index contributed by atoms with van der Waals surface area (Å²) in [6, 6.07) is 3.82. The third kappa shape index (κ3) is 3.08. The van der Waals surface area contributed by atoms with Crippen LogP contribution in [0.3, 0.4) is 0 Å². The third-order valence-corrected chi connectivity index (χ3v) is 4.86. The standard InChI is InChI=1S/C16H20N2O3S/c1-11-5-6-18(13(8-11)14-4-3-7-21-14)16(19)12-10-22-15(17-12)9-20-2/h3-4,7,10-11,13H,5-6,8-9H2,1-2H3/t11-,13+/m1/s1. The molecule has 2 aromatic heterocycles. The first-order valence-electron chi connectivity index (χ1n) is 7.46. The van der Waals surface area contributed by atoms with Crippen molar-refractivity contribution in [2.45, 2.75) is 32.4 Å². The van der Waals surface area contributed by atoms with E-state index in [4.69, 9.17) is 9.15 Å². The lowest BCUT2D eigenvalue weighted by Crippen LogP contribution is -2.40. The Morgan fingerprint density at radius 2 is 2.45 bits per heavy atom. The Morgan fingerprint density at radius 1 is 1.59 bits per heavy atom. The first-order valence-corrected chi connectivity index (χ1v) is 8.34. The van der Waals surface area contributed by atoms with Crippen molar-refractivity contribution in [2.24, 2.45) is 5.92 Å². The molecule has 0 spiro atoms. The number of hydrogen-bond donors (Lipinski definition) is 0. The quantitative estimate of drug-likeness (QED) is 0.865. The summed E-state index contributed by atoms with van der Waals surface area (Å²) in [6.45, 7) is 3.40. The van der Waals surface area contributed by atoms with E-state index in [-0.39, 0.29) is 11.9 Å². The number of likely N-dealkylation sites (tertiary alicyclic amines) is 1. The Balaban J connectivity index is 1.82. The SMILES string of the molecule is COCc1nc(C(=O)N2CC[C@@H](C)C[C@H]2c2ccco2)cs1. The second-order valence-electron chi connectivity index (χ2n) is 5.72. The Hall–Kier alpha value is -1.66. The largest absolute Gasteiger partial charge is 0.467 e. The summed E-state index contributed by atoms with van der Waals surface area (Å²) >= 11 is 1.46. The van der Waals surface area contributed by atoms with Gasteiger partial charge >= 0.3 is 0 Å². The average molecular weight is 320 g/mol. The van der Waals surface area contributed by atoms with E-state index in [1.165, 1.54) is 11.3 Å². The topological polar surface area (TPSA) is 55.6 Å². The highest BCUT2D eigenvalue weighted by Gasteiger charge is 2.34. The van der Waals surface area contributed by atoms with Crippen LogP contribution in [0.5, 0.6) is 0 Å². The highest BCUT2D eigenvalue weighted by molar-refractivity contribution is 7.09. The number of amides is 1. The first kappa shape index (κ1) is 15.2. The maximum Gasteiger partial charge on any atom is 0.273 e. The molecule has 3 rings (SSSR count). The van der Waals surface area contributed by atoms with Crippen molar-refractivity contribution in [3.05, 3.63) is 40.2 Å². The van der Waals surface area contributed by atoms with Crippen LogP contribution >= 0.6 is 11.3 Å². The second kappa shape index (κ2) is 6.62. The maximum atomic E-state index is 12.8. The number of methoxy groups -OCH3 is 1. The monoisotopic (exact) mass is 320 g/mol. The van der Waals surface area contributed by atoms with E-state index in [1.807, 2.05) is 22.4 Å². The molecule has 5 nitrogen and oxygen atoms in total. The van der Waals surface area contributed by atoms with Gasteiger partial charge in [0.25, 0.3) is 5.91 Å². The number of aromatic nitrogens is 1. The molecule has 0 N–H and O–H groups in total. The van der Waals surface area contributed by atoms with Crippen LogP contribution in [-0.4, -0.2) is 29.4 Å². The molecule has 0 aromatic carbocycles. The minimum atomic E-state index is -0.0214. The second-order valence-corrected chi connectivity index (χ2v) is 6.66. The van der Waals surface area contributed by atoms with Crippen LogP contribution in [0, 0.1) is 5.92 Å². The van der Waals surface area contributed by atoms with Crippen LogP contribution in [-0.2, 0) is 11.3 Å². The van der Waals surface area contributed by atoms with Crippen LogP contribution in [0.1, 0.15) is 47.1 Å². The van der Waals surface area contributed by atoms with Gasteiger partial charge in [0.15, 0.2) is 0 Å². The van der Waals surface area contributed by atoms with Crippen LogP contribution < -0.4 is 0 Å². The van der Waals surface area contributed by atoms with Gasteiger partial charge in [0.2, 0.25) is 0 Å². The molecule has 2 atom stereocenters. The van der Waals surface area contributed by atoms with E-state index in [0.717, 1.165) is 30.2 Å². The number of piperidine rings is 1. The molecular formula is C16H20N2O3S. The van der Waals surface area contributed by atoms with Crippen LogP contribution in [0.25, 0.3) is 0 Å². The molecule has 1 fully saturated rings. The van der Waals surface area contributed by atoms with Gasteiger partial charge in [-0.25, -0.2) is 4.98 Å². The predicted molar refractivity (Wildman–Crippen MR) is 83.7 cm³/mol. The third-order valence-electron chi connectivity index (χ3n) is 4.04. The fraction of sp³-hybridized carbons (Fsp3) is 0.500. The minimum Gasteiger partial charge on any atom is -0.467 e. The van der Waals surface area contributed by atoms with Crippen molar-refractivity contribution in [2.75, 3.05) is 13.7 Å². The summed E-state index contributed by atoms with van der Waals surface area (Å²) in [5, 5.41) is 2.64. The number of nitrogens with zero attached hydrogens (tertiary/aromatic N) is 2. The summed E-state index contributed by atoms with van der Waals surface area (Å²) in [6.07, 6.45) is 3.60. The van der Waals surface area contributed by atoms with Gasteiger partial charge < -0.3 is 14.1 Å². The van der Waals surface area contributed by atoms with E-state index in [1.54, 1.807) is 13.4 Å². The lowest BCUT2D eigenvalue weighted by atomic mass is 9.91. The number of hydrogen-bond acceptors (Lipinski definition) is 5. The van der Waals surface area contributed by atoms with Crippen molar-refractivity contribution in [3.63, 3.8) is 0 Å². The zero-order chi connectivity index (χ0) is 15.5. The Labute approximate surface area is 133 Å². The van der Waals surface area contributed by atoms with E-state index in [2.05, 4.69) is 11.9 Å². The molecule has 118 valence electrons.